The zero-order valence-corrected chi connectivity index (χ0v) is 14.6. The lowest BCUT2D eigenvalue weighted by Gasteiger charge is -2.13. The van der Waals surface area contributed by atoms with Crippen LogP contribution in [0.25, 0.3) is 6.08 Å². The highest BCUT2D eigenvalue weighted by molar-refractivity contribution is 7.90. The summed E-state index contributed by atoms with van der Waals surface area (Å²) < 4.78 is 25.9. The first-order chi connectivity index (χ1) is 10.7. The number of hydrogen-bond acceptors (Lipinski definition) is 6. The molecule has 1 amide bonds. The second-order valence-corrected chi connectivity index (χ2v) is 8.55. The Bertz CT molecular complexity index is 819. The van der Waals surface area contributed by atoms with Crippen LogP contribution in [0, 0.1) is 0 Å². The molecule has 6 nitrogen and oxygen atoms in total. The Morgan fingerprint density at radius 3 is 2.61 bits per heavy atom. The molecule has 2 aromatic heterocycles. The van der Waals surface area contributed by atoms with Gasteiger partial charge in [0.25, 0.3) is 15.9 Å². The molecule has 0 fully saturated rings. The second kappa shape index (κ2) is 6.59. The van der Waals surface area contributed by atoms with Gasteiger partial charge < -0.3 is 0 Å². The zero-order chi connectivity index (χ0) is 17.1. The van der Waals surface area contributed by atoms with Crippen molar-refractivity contribution in [1.82, 2.24) is 14.7 Å². The Hall–Kier alpha value is -2.06. The number of rotatable bonds is 4. The number of amides is 1. The number of hydrogen-bond donors (Lipinski definition) is 1. The van der Waals surface area contributed by atoms with E-state index in [1.807, 2.05) is 25.5 Å². The fraction of sp³-hybridized carbons (Fsp3) is 0.267. The maximum Gasteiger partial charge on any atom is 0.265 e. The molecule has 8 heteroatoms. The van der Waals surface area contributed by atoms with Gasteiger partial charge in [-0.15, -0.1) is 11.3 Å². The first kappa shape index (κ1) is 17.3. The smallest absolute Gasteiger partial charge is 0.265 e. The van der Waals surface area contributed by atoms with Crippen LogP contribution in [0.1, 0.15) is 30.7 Å². The Morgan fingerprint density at radius 2 is 2.04 bits per heavy atom. The lowest BCUT2D eigenvalue weighted by molar-refractivity contribution is -0.114. The van der Waals surface area contributed by atoms with Crippen LogP contribution in [0.5, 0.6) is 0 Å². The molecule has 0 unspecified atom stereocenters. The van der Waals surface area contributed by atoms with E-state index in [4.69, 9.17) is 0 Å². The summed E-state index contributed by atoms with van der Waals surface area (Å²) >= 11 is 1.46. The van der Waals surface area contributed by atoms with Gasteiger partial charge in [0.2, 0.25) is 0 Å². The molecular formula is C15H17N3O3S2. The quantitative estimate of drug-likeness (QED) is 0.854. The van der Waals surface area contributed by atoms with Crippen molar-refractivity contribution in [3.05, 3.63) is 46.7 Å². The standard InChI is InChI=1S/C15H17N3O3S2/c1-15(2,3)14-17-9-11(22-14)6-7-13(19)18-23(20,21)12-5-4-8-16-10-12/h4-10H,1-3H3,(H,18,19)/b7-6+. The lowest BCUT2D eigenvalue weighted by Crippen LogP contribution is -2.29. The fourth-order valence-corrected chi connectivity index (χ4v) is 3.38. The molecule has 1 N–H and O–H groups in total. The molecule has 0 aliphatic heterocycles. The number of carbonyl (C=O) groups is 1. The minimum Gasteiger partial charge on any atom is -0.269 e. The van der Waals surface area contributed by atoms with Gasteiger partial charge >= 0.3 is 0 Å². The molecular weight excluding hydrogens is 334 g/mol. The van der Waals surface area contributed by atoms with Crippen LogP contribution < -0.4 is 4.72 Å². The summed E-state index contributed by atoms with van der Waals surface area (Å²) in [6.45, 7) is 6.14. The molecule has 0 saturated heterocycles. The van der Waals surface area contributed by atoms with Gasteiger partial charge in [0.15, 0.2) is 0 Å². The summed E-state index contributed by atoms with van der Waals surface area (Å²) in [7, 11) is -3.91. The van der Waals surface area contributed by atoms with E-state index >= 15 is 0 Å². The third kappa shape index (κ3) is 4.70. The van der Waals surface area contributed by atoms with Crippen LogP contribution in [0.15, 0.2) is 41.7 Å². The number of nitrogens with zero attached hydrogens (tertiary/aromatic N) is 2. The Labute approximate surface area is 139 Å². The Kier molecular flexibility index (Phi) is 4.96. The van der Waals surface area contributed by atoms with Crippen molar-refractivity contribution in [2.45, 2.75) is 31.1 Å². The van der Waals surface area contributed by atoms with Crippen LogP contribution in [0.3, 0.4) is 0 Å². The number of thiazole rings is 1. The first-order valence-electron chi connectivity index (χ1n) is 6.80. The van der Waals surface area contributed by atoms with E-state index in [0.717, 1.165) is 9.88 Å². The molecule has 0 bridgehead atoms. The van der Waals surface area contributed by atoms with Crippen LogP contribution in [0.2, 0.25) is 0 Å². The summed E-state index contributed by atoms with van der Waals surface area (Å²) in [5.41, 5.74) is -0.0668. The van der Waals surface area contributed by atoms with Gasteiger partial charge in [-0.2, -0.15) is 0 Å². The Balaban J connectivity index is 2.06. The van der Waals surface area contributed by atoms with Gasteiger partial charge in [0, 0.05) is 35.0 Å². The third-order valence-electron chi connectivity index (χ3n) is 2.74. The van der Waals surface area contributed by atoms with Gasteiger partial charge in [-0.05, 0) is 18.2 Å². The highest BCUT2D eigenvalue weighted by Gasteiger charge is 2.18. The van der Waals surface area contributed by atoms with E-state index in [-0.39, 0.29) is 10.3 Å². The van der Waals surface area contributed by atoms with Gasteiger partial charge in [-0.1, -0.05) is 20.8 Å². The maximum absolute atomic E-state index is 12.0. The highest BCUT2D eigenvalue weighted by Crippen LogP contribution is 2.27. The van der Waals surface area contributed by atoms with Crippen molar-refractivity contribution >= 4 is 33.3 Å². The van der Waals surface area contributed by atoms with E-state index in [1.54, 1.807) is 12.3 Å². The topological polar surface area (TPSA) is 89.0 Å². The number of carbonyl (C=O) groups excluding carboxylic acids is 1. The molecule has 0 atom stereocenters. The molecule has 0 radical (unpaired) electrons. The number of sulfonamides is 1. The van der Waals surface area contributed by atoms with Crippen molar-refractivity contribution in [1.29, 1.82) is 0 Å². The molecule has 2 aromatic rings. The van der Waals surface area contributed by atoms with Crippen molar-refractivity contribution in [2.75, 3.05) is 0 Å². The van der Waals surface area contributed by atoms with E-state index in [1.165, 1.54) is 41.9 Å². The molecule has 23 heavy (non-hydrogen) atoms. The Morgan fingerprint density at radius 1 is 1.30 bits per heavy atom. The van der Waals surface area contributed by atoms with Crippen LogP contribution in [-0.4, -0.2) is 24.3 Å². The SMILES string of the molecule is CC(C)(C)c1ncc(/C=C/C(=O)NS(=O)(=O)c2cccnc2)s1. The highest BCUT2D eigenvalue weighted by atomic mass is 32.2. The zero-order valence-electron chi connectivity index (χ0n) is 13.0. The average Bonchev–Trinajstić information content (AvgIpc) is 2.95. The molecule has 0 spiro atoms. The van der Waals surface area contributed by atoms with E-state index in [2.05, 4.69) is 9.97 Å². The molecule has 122 valence electrons. The third-order valence-corrected chi connectivity index (χ3v) is 5.46. The van der Waals surface area contributed by atoms with Gasteiger partial charge in [-0.25, -0.2) is 18.1 Å². The van der Waals surface area contributed by atoms with E-state index < -0.39 is 15.9 Å². The van der Waals surface area contributed by atoms with Crippen molar-refractivity contribution in [3.8, 4) is 0 Å². The van der Waals surface area contributed by atoms with Crippen LogP contribution in [-0.2, 0) is 20.2 Å². The van der Waals surface area contributed by atoms with Gasteiger partial charge in [0.1, 0.15) is 4.90 Å². The summed E-state index contributed by atoms with van der Waals surface area (Å²) in [6, 6.07) is 2.85. The molecule has 0 aliphatic carbocycles. The summed E-state index contributed by atoms with van der Waals surface area (Å²) in [4.78, 5) is 20.5. The molecule has 0 saturated carbocycles. The largest absolute Gasteiger partial charge is 0.269 e. The summed E-state index contributed by atoms with van der Waals surface area (Å²) in [5.74, 6) is -0.723. The van der Waals surface area contributed by atoms with Crippen molar-refractivity contribution in [2.24, 2.45) is 0 Å². The van der Waals surface area contributed by atoms with Crippen molar-refractivity contribution < 1.29 is 13.2 Å². The predicted molar refractivity (Wildman–Crippen MR) is 89.4 cm³/mol. The van der Waals surface area contributed by atoms with E-state index in [9.17, 15) is 13.2 Å². The molecule has 0 aliphatic rings. The first-order valence-corrected chi connectivity index (χ1v) is 9.10. The van der Waals surface area contributed by atoms with E-state index in [0.29, 0.717) is 0 Å². The second-order valence-electron chi connectivity index (χ2n) is 5.81. The summed E-state index contributed by atoms with van der Waals surface area (Å²) in [6.07, 6.45) is 7.01. The summed E-state index contributed by atoms with van der Waals surface area (Å²) in [5, 5.41) is 0.945. The van der Waals surface area contributed by atoms with Crippen molar-refractivity contribution in [3.63, 3.8) is 0 Å². The number of nitrogens with one attached hydrogen (secondary N) is 1. The monoisotopic (exact) mass is 351 g/mol. The molecule has 0 aromatic carbocycles. The minimum atomic E-state index is -3.91. The number of aromatic nitrogens is 2. The van der Waals surface area contributed by atoms with Gasteiger partial charge in [-0.3, -0.25) is 9.78 Å². The average molecular weight is 351 g/mol. The predicted octanol–water partition coefficient (Wildman–Crippen LogP) is 2.35. The minimum absolute atomic E-state index is 0.0606. The molecule has 2 heterocycles. The molecule has 2 rings (SSSR count). The van der Waals surface area contributed by atoms with Crippen LogP contribution >= 0.6 is 11.3 Å². The maximum atomic E-state index is 12.0. The number of pyridine rings is 1. The van der Waals surface area contributed by atoms with Crippen LogP contribution in [0.4, 0.5) is 0 Å². The van der Waals surface area contributed by atoms with Gasteiger partial charge in [0.05, 0.1) is 5.01 Å². The lowest BCUT2D eigenvalue weighted by atomic mass is 9.98. The normalized spacial score (nSPS) is 12.5. The fourth-order valence-electron chi connectivity index (χ4n) is 1.60.